The van der Waals surface area contributed by atoms with Crippen LogP contribution in [0.2, 0.25) is 0 Å². The van der Waals surface area contributed by atoms with Crippen molar-refractivity contribution < 1.29 is 32.4 Å². The molecule has 1 aromatic rings. The summed E-state index contributed by atoms with van der Waals surface area (Å²) < 4.78 is 37.1. The zero-order valence-corrected chi connectivity index (χ0v) is 20.1. The SMILES string of the molecule is Cc1noc(C)c1CN1C(=O)CCC12CCCN(CC1CCCCC1)CC2.O=C(O)C(F)(F)F. The third-order valence-corrected chi connectivity index (χ3v) is 7.67. The molecule has 192 valence electrons. The van der Waals surface area contributed by atoms with E-state index in [4.69, 9.17) is 14.4 Å². The van der Waals surface area contributed by atoms with E-state index in [1.807, 2.05) is 13.8 Å². The number of hydrogen-bond acceptors (Lipinski definition) is 5. The van der Waals surface area contributed by atoms with Gasteiger partial charge in [-0.3, -0.25) is 4.79 Å². The molecule has 0 aromatic carbocycles. The van der Waals surface area contributed by atoms with Crippen molar-refractivity contribution in [2.45, 2.75) is 96.3 Å². The third-order valence-electron chi connectivity index (χ3n) is 7.67. The molecule has 1 atom stereocenters. The molecule has 2 saturated heterocycles. The summed E-state index contributed by atoms with van der Waals surface area (Å²) in [5.74, 6) is -0.686. The number of carbonyl (C=O) groups is 2. The van der Waals surface area contributed by atoms with Gasteiger partial charge in [0.15, 0.2) is 0 Å². The van der Waals surface area contributed by atoms with Crippen LogP contribution in [0.5, 0.6) is 0 Å². The number of amides is 1. The molecule has 1 saturated carbocycles. The summed E-state index contributed by atoms with van der Waals surface area (Å²) in [6.45, 7) is 8.23. The van der Waals surface area contributed by atoms with E-state index in [1.165, 1.54) is 51.6 Å². The Morgan fingerprint density at radius 2 is 1.79 bits per heavy atom. The van der Waals surface area contributed by atoms with Gasteiger partial charge in [0.05, 0.1) is 12.2 Å². The minimum Gasteiger partial charge on any atom is -0.475 e. The number of aromatic nitrogens is 1. The van der Waals surface area contributed by atoms with E-state index in [-0.39, 0.29) is 5.54 Å². The first-order valence-electron chi connectivity index (χ1n) is 12.3. The van der Waals surface area contributed by atoms with Crippen LogP contribution in [0.25, 0.3) is 0 Å². The zero-order valence-electron chi connectivity index (χ0n) is 20.1. The molecular weight excluding hydrogens is 451 g/mol. The molecule has 3 heterocycles. The highest BCUT2D eigenvalue weighted by Gasteiger charge is 2.46. The van der Waals surface area contributed by atoms with Crippen LogP contribution in [0, 0.1) is 19.8 Å². The Hall–Kier alpha value is -2.10. The van der Waals surface area contributed by atoms with Gasteiger partial charge in [0, 0.05) is 30.6 Å². The van der Waals surface area contributed by atoms with Crippen LogP contribution in [-0.4, -0.2) is 63.3 Å². The molecule has 1 N–H and O–H groups in total. The lowest BCUT2D eigenvalue weighted by molar-refractivity contribution is -0.192. The van der Waals surface area contributed by atoms with Crippen molar-refractivity contribution in [2.75, 3.05) is 19.6 Å². The average molecular weight is 488 g/mol. The number of aryl methyl sites for hydroxylation is 2. The first-order valence-corrected chi connectivity index (χ1v) is 12.3. The first-order chi connectivity index (χ1) is 16.0. The molecule has 3 fully saturated rings. The number of hydrogen-bond donors (Lipinski definition) is 1. The standard InChI is InChI=1S/C22H35N3O2.C2HF3O2/c1-17-20(18(2)27-23-17)16-25-21(26)9-11-22(25)10-6-13-24(14-12-22)15-19-7-4-3-5-8-19;3-2(4,5)1(6)7/h19H,3-16H2,1-2H3;(H,6,7). The molecule has 7 nitrogen and oxygen atoms in total. The van der Waals surface area contributed by atoms with Crippen LogP contribution in [0.3, 0.4) is 0 Å². The molecule has 1 unspecified atom stereocenters. The van der Waals surface area contributed by atoms with E-state index >= 15 is 0 Å². The van der Waals surface area contributed by atoms with Crippen molar-refractivity contribution in [3.8, 4) is 0 Å². The molecule has 3 aliphatic rings. The summed E-state index contributed by atoms with van der Waals surface area (Å²) in [4.78, 5) is 26.5. The number of carboxylic acids is 1. The van der Waals surface area contributed by atoms with Gasteiger partial charge in [-0.25, -0.2) is 4.79 Å². The Balaban J connectivity index is 0.000000406. The van der Waals surface area contributed by atoms with E-state index in [0.717, 1.165) is 48.7 Å². The van der Waals surface area contributed by atoms with E-state index in [0.29, 0.717) is 18.9 Å². The lowest BCUT2D eigenvalue weighted by atomic mass is 9.87. The van der Waals surface area contributed by atoms with Gasteiger partial charge >= 0.3 is 12.1 Å². The lowest BCUT2D eigenvalue weighted by Gasteiger charge is -2.38. The van der Waals surface area contributed by atoms with Gasteiger partial charge in [0.2, 0.25) is 5.91 Å². The van der Waals surface area contributed by atoms with Crippen LogP contribution < -0.4 is 0 Å². The van der Waals surface area contributed by atoms with Crippen LogP contribution in [0.1, 0.15) is 81.2 Å². The normalized spacial score (nSPS) is 24.7. The van der Waals surface area contributed by atoms with Gasteiger partial charge in [-0.05, 0) is 64.8 Å². The fourth-order valence-corrected chi connectivity index (χ4v) is 5.69. The smallest absolute Gasteiger partial charge is 0.475 e. The molecule has 4 rings (SSSR count). The quantitative estimate of drug-likeness (QED) is 0.653. The molecule has 2 aliphatic heterocycles. The maximum Gasteiger partial charge on any atom is 0.490 e. The minimum atomic E-state index is -5.08. The number of nitrogens with zero attached hydrogens (tertiary/aromatic N) is 3. The highest BCUT2D eigenvalue weighted by atomic mass is 19.4. The second-order valence-electron chi connectivity index (χ2n) is 9.97. The largest absolute Gasteiger partial charge is 0.490 e. The topological polar surface area (TPSA) is 86.9 Å². The number of carboxylic acid groups (broad SMARTS) is 1. The van der Waals surface area contributed by atoms with Crippen molar-refractivity contribution in [1.29, 1.82) is 0 Å². The summed E-state index contributed by atoms with van der Waals surface area (Å²) in [5.41, 5.74) is 2.08. The maximum atomic E-state index is 12.8. The van der Waals surface area contributed by atoms with E-state index in [9.17, 15) is 18.0 Å². The second-order valence-corrected chi connectivity index (χ2v) is 9.97. The highest BCUT2D eigenvalue weighted by molar-refractivity contribution is 5.79. The van der Waals surface area contributed by atoms with Crippen LogP contribution in [-0.2, 0) is 16.1 Å². The predicted molar refractivity (Wildman–Crippen MR) is 119 cm³/mol. The van der Waals surface area contributed by atoms with Crippen LogP contribution in [0.15, 0.2) is 4.52 Å². The molecule has 1 spiro atoms. The van der Waals surface area contributed by atoms with Gasteiger partial charge < -0.3 is 19.4 Å². The number of rotatable bonds is 4. The molecule has 1 amide bonds. The van der Waals surface area contributed by atoms with Crippen LogP contribution >= 0.6 is 0 Å². The maximum absolute atomic E-state index is 12.8. The Morgan fingerprint density at radius 1 is 1.12 bits per heavy atom. The minimum absolute atomic E-state index is 0.0501. The van der Waals surface area contributed by atoms with Crippen molar-refractivity contribution >= 4 is 11.9 Å². The molecule has 34 heavy (non-hydrogen) atoms. The van der Waals surface area contributed by atoms with Crippen molar-refractivity contribution in [1.82, 2.24) is 15.0 Å². The Bertz CT molecular complexity index is 832. The molecule has 1 aliphatic carbocycles. The average Bonchev–Trinajstić information content (AvgIpc) is 3.17. The Kier molecular flexibility index (Phi) is 8.65. The van der Waals surface area contributed by atoms with Crippen molar-refractivity contribution in [3.63, 3.8) is 0 Å². The lowest BCUT2D eigenvalue weighted by Crippen LogP contribution is -2.46. The van der Waals surface area contributed by atoms with Gasteiger partial charge in [0.1, 0.15) is 5.76 Å². The molecule has 0 radical (unpaired) electrons. The Labute approximate surface area is 198 Å². The summed E-state index contributed by atoms with van der Waals surface area (Å²) in [6.07, 6.45) is 7.20. The van der Waals surface area contributed by atoms with Gasteiger partial charge in [-0.15, -0.1) is 0 Å². The van der Waals surface area contributed by atoms with Gasteiger partial charge in [-0.2, -0.15) is 13.2 Å². The van der Waals surface area contributed by atoms with Gasteiger partial charge in [0.25, 0.3) is 0 Å². The number of likely N-dealkylation sites (tertiary alicyclic amines) is 2. The fourth-order valence-electron chi connectivity index (χ4n) is 5.69. The third kappa shape index (κ3) is 6.52. The summed E-state index contributed by atoms with van der Waals surface area (Å²) in [6, 6.07) is 0. The Morgan fingerprint density at radius 3 is 2.38 bits per heavy atom. The fraction of sp³-hybridized carbons (Fsp3) is 0.792. The van der Waals surface area contributed by atoms with Crippen LogP contribution in [0.4, 0.5) is 13.2 Å². The van der Waals surface area contributed by atoms with Gasteiger partial charge in [-0.1, -0.05) is 24.4 Å². The van der Waals surface area contributed by atoms with E-state index in [1.54, 1.807) is 0 Å². The highest BCUT2D eigenvalue weighted by Crippen LogP contribution is 2.41. The summed E-state index contributed by atoms with van der Waals surface area (Å²) >= 11 is 0. The number of carbonyl (C=O) groups excluding carboxylic acids is 1. The summed E-state index contributed by atoms with van der Waals surface area (Å²) in [7, 11) is 0. The molecule has 0 bridgehead atoms. The van der Waals surface area contributed by atoms with E-state index in [2.05, 4.69) is 15.0 Å². The molecule has 1 aromatic heterocycles. The summed E-state index contributed by atoms with van der Waals surface area (Å²) in [5, 5.41) is 11.2. The number of halogens is 3. The van der Waals surface area contributed by atoms with Crippen molar-refractivity contribution in [3.05, 3.63) is 17.0 Å². The second kappa shape index (κ2) is 11.1. The first kappa shape index (κ1) is 26.5. The number of aliphatic carboxylic acids is 1. The monoisotopic (exact) mass is 487 g/mol. The zero-order chi connectivity index (χ0) is 24.9. The molecular formula is C24H36F3N3O4. The number of alkyl halides is 3. The predicted octanol–water partition coefficient (Wildman–Crippen LogP) is 4.85. The van der Waals surface area contributed by atoms with Crippen molar-refractivity contribution in [2.24, 2.45) is 5.92 Å². The van der Waals surface area contributed by atoms with E-state index < -0.39 is 12.1 Å². The molecule has 10 heteroatoms.